The second kappa shape index (κ2) is 5.68. The van der Waals surface area contributed by atoms with Gasteiger partial charge in [0.05, 0.1) is 30.6 Å². The van der Waals surface area contributed by atoms with E-state index in [1.165, 1.54) is 17.4 Å². The zero-order chi connectivity index (χ0) is 13.0. The smallest absolute Gasteiger partial charge is 0.311 e. The number of nitrogens with zero attached hydrogens (tertiary/aromatic N) is 2. The van der Waals surface area contributed by atoms with Gasteiger partial charge < -0.3 is 4.74 Å². The largest absolute Gasteiger partial charge is 0.466 e. The molecule has 0 aliphatic carbocycles. The lowest BCUT2D eigenvalue weighted by molar-refractivity contribution is -0.142. The Bertz CT molecular complexity index is 539. The maximum absolute atomic E-state index is 12.7. The Labute approximate surface area is 107 Å². The average Bonchev–Trinajstić information content (AvgIpc) is 2.78. The Hall–Kier alpha value is -1.82. The van der Waals surface area contributed by atoms with Gasteiger partial charge in [-0.1, -0.05) is 0 Å². The first kappa shape index (κ1) is 12.6. The summed E-state index contributed by atoms with van der Waals surface area (Å²) in [4.78, 5) is 19.5. The summed E-state index contributed by atoms with van der Waals surface area (Å²) in [5.74, 6) is -0.691. The summed E-state index contributed by atoms with van der Waals surface area (Å²) in [5.41, 5.74) is 1.23. The average molecular weight is 266 g/mol. The first-order valence-electron chi connectivity index (χ1n) is 5.41. The van der Waals surface area contributed by atoms with Crippen LogP contribution in [0.3, 0.4) is 0 Å². The lowest BCUT2D eigenvalue weighted by Crippen LogP contribution is -2.07. The first-order chi connectivity index (χ1) is 8.69. The van der Waals surface area contributed by atoms with E-state index < -0.39 is 0 Å². The van der Waals surface area contributed by atoms with Crippen molar-refractivity contribution < 1.29 is 13.9 Å². The number of halogens is 1. The first-order valence-corrected chi connectivity index (χ1v) is 6.29. The number of ether oxygens (including phenoxy) is 1. The van der Waals surface area contributed by atoms with Gasteiger partial charge in [0, 0.05) is 5.38 Å². The molecule has 0 spiro atoms. The summed E-state index contributed by atoms with van der Waals surface area (Å²) in [6.45, 7) is 2.11. The van der Waals surface area contributed by atoms with Crippen molar-refractivity contribution in [2.75, 3.05) is 6.61 Å². The molecule has 2 heterocycles. The molecule has 2 rings (SSSR count). The maximum atomic E-state index is 12.7. The second-order valence-corrected chi connectivity index (χ2v) is 4.35. The molecule has 0 aromatic carbocycles. The molecule has 0 atom stereocenters. The Balaban J connectivity index is 2.10. The van der Waals surface area contributed by atoms with Gasteiger partial charge in [-0.05, 0) is 19.1 Å². The monoisotopic (exact) mass is 266 g/mol. The van der Waals surface area contributed by atoms with Gasteiger partial charge in [-0.2, -0.15) is 0 Å². The van der Waals surface area contributed by atoms with Gasteiger partial charge in [0.15, 0.2) is 0 Å². The van der Waals surface area contributed by atoms with Gasteiger partial charge >= 0.3 is 5.97 Å². The Morgan fingerprint density at radius 2 is 2.33 bits per heavy atom. The molecule has 0 aliphatic rings. The highest BCUT2D eigenvalue weighted by molar-refractivity contribution is 7.13. The van der Waals surface area contributed by atoms with Crippen LogP contribution in [0, 0.1) is 5.82 Å². The van der Waals surface area contributed by atoms with Gasteiger partial charge in [0.2, 0.25) is 0 Å². The number of rotatable bonds is 4. The number of pyridine rings is 1. The molecule has 0 unspecified atom stereocenters. The van der Waals surface area contributed by atoms with Crippen molar-refractivity contribution in [3.05, 3.63) is 35.2 Å². The second-order valence-electron chi connectivity index (χ2n) is 3.49. The molecular formula is C12H11FN2O2S. The fourth-order valence-corrected chi connectivity index (χ4v) is 2.16. The highest BCUT2D eigenvalue weighted by Gasteiger charge is 2.10. The number of esters is 1. The number of carbonyl (C=O) groups excluding carboxylic acids is 1. The number of aromatic nitrogens is 2. The molecule has 0 aliphatic heterocycles. The van der Waals surface area contributed by atoms with E-state index >= 15 is 0 Å². The topological polar surface area (TPSA) is 52.1 Å². The Kier molecular flexibility index (Phi) is 3.99. The highest BCUT2D eigenvalue weighted by Crippen LogP contribution is 2.22. The van der Waals surface area contributed by atoms with Crippen LogP contribution in [0.5, 0.6) is 0 Å². The molecule has 18 heavy (non-hydrogen) atoms. The molecule has 6 heteroatoms. The summed E-state index contributed by atoms with van der Waals surface area (Å²) >= 11 is 1.36. The van der Waals surface area contributed by atoms with E-state index in [1.54, 1.807) is 18.4 Å². The van der Waals surface area contributed by atoms with Gasteiger partial charge in [0.25, 0.3) is 0 Å². The van der Waals surface area contributed by atoms with Crippen molar-refractivity contribution in [3.63, 3.8) is 0 Å². The van der Waals surface area contributed by atoms with Crippen molar-refractivity contribution >= 4 is 17.3 Å². The van der Waals surface area contributed by atoms with E-state index in [1.807, 2.05) is 0 Å². The van der Waals surface area contributed by atoms with Crippen LogP contribution >= 0.6 is 11.3 Å². The van der Waals surface area contributed by atoms with Crippen LogP contribution in [0.2, 0.25) is 0 Å². The third-order valence-corrected chi connectivity index (χ3v) is 3.04. The van der Waals surface area contributed by atoms with Crippen molar-refractivity contribution in [2.45, 2.75) is 13.3 Å². The van der Waals surface area contributed by atoms with Crippen LogP contribution in [-0.4, -0.2) is 22.5 Å². The number of carbonyl (C=O) groups is 1. The number of thiazole rings is 1. The van der Waals surface area contributed by atoms with Gasteiger partial charge in [-0.3, -0.25) is 9.78 Å². The van der Waals surface area contributed by atoms with Crippen LogP contribution in [0.15, 0.2) is 23.7 Å². The summed E-state index contributed by atoms with van der Waals surface area (Å²) < 4.78 is 17.6. The number of hydrogen-bond donors (Lipinski definition) is 0. The van der Waals surface area contributed by atoms with E-state index in [4.69, 9.17) is 4.74 Å². The molecule has 0 N–H and O–H groups in total. The molecule has 2 aromatic heterocycles. The summed E-state index contributed by atoms with van der Waals surface area (Å²) in [5, 5.41) is 2.44. The Morgan fingerprint density at radius 3 is 3.00 bits per heavy atom. The lowest BCUT2D eigenvalue weighted by atomic mass is 10.3. The van der Waals surface area contributed by atoms with Crippen LogP contribution < -0.4 is 0 Å². The van der Waals surface area contributed by atoms with Crippen molar-refractivity contribution in [2.24, 2.45) is 0 Å². The van der Waals surface area contributed by atoms with Crippen molar-refractivity contribution in [1.29, 1.82) is 0 Å². The molecule has 0 amide bonds. The van der Waals surface area contributed by atoms with Gasteiger partial charge in [-0.25, -0.2) is 9.37 Å². The minimum atomic E-state index is -0.387. The minimum Gasteiger partial charge on any atom is -0.466 e. The predicted octanol–water partition coefficient (Wildman–Crippen LogP) is 2.45. The number of hydrogen-bond acceptors (Lipinski definition) is 5. The molecule has 2 aromatic rings. The van der Waals surface area contributed by atoms with Gasteiger partial charge in [-0.15, -0.1) is 11.3 Å². The molecular weight excluding hydrogens is 255 g/mol. The Morgan fingerprint density at radius 1 is 1.50 bits per heavy atom. The third-order valence-electron chi connectivity index (χ3n) is 2.13. The standard InChI is InChI=1S/C12H11FN2O2S/c1-2-17-11(16)5-9-7-18-12(15-9)10-4-3-8(13)6-14-10/h3-4,6-7H,2,5H2,1H3. The third kappa shape index (κ3) is 3.10. The molecule has 4 nitrogen and oxygen atoms in total. The summed E-state index contributed by atoms with van der Waals surface area (Å²) in [7, 11) is 0. The zero-order valence-corrected chi connectivity index (χ0v) is 10.5. The van der Waals surface area contributed by atoms with E-state index in [-0.39, 0.29) is 18.2 Å². The minimum absolute atomic E-state index is 0.144. The van der Waals surface area contributed by atoms with E-state index in [2.05, 4.69) is 9.97 Å². The molecule has 0 fully saturated rings. The fourth-order valence-electron chi connectivity index (χ4n) is 1.37. The molecule has 0 saturated heterocycles. The quantitative estimate of drug-likeness (QED) is 0.798. The SMILES string of the molecule is CCOC(=O)Cc1csc(-c2ccc(F)cn2)n1. The van der Waals surface area contributed by atoms with Crippen LogP contribution in [-0.2, 0) is 16.0 Å². The van der Waals surface area contributed by atoms with E-state index in [0.29, 0.717) is 23.0 Å². The lowest BCUT2D eigenvalue weighted by Gasteiger charge is -1.98. The summed E-state index contributed by atoms with van der Waals surface area (Å²) in [6.07, 6.45) is 1.29. The predicted molar refractivity (Wildman–Crippen MR) is 65.6 cm³/mol. The van der Waals surface area contributed by atoms with Crippen molar-refractivity contribution in [1.82, 2.24) is 9.97 Å². The van der Waals surface area contributed by atoms with E-state index in [0.717, 1.165) is 6.20 Å². The fraction of sp³-hybridized carbons (Fsp3) is 0.250. The molecule has 0 radical (unpaired) electrons. The van der Waals surface area contributed by atoms with E-state index in [9.17, 15) is 9.18 Å². The molecule has 0 bridgehead atoms. The molecule has 0 saturated carbocycles. The van der Waals surface area contributed by atoms with Crippen LogP contribution in [0.25, 0.3) is 10.7 Å². The van der Waals surface area contributed by atoms with Crippen LogP contribution in [0.4, 0.5) is 4.39 Å². The highest BCUT2D eigenvalue weighted by atomic mass is 32.1. The normalized spacial score (nSPS) is 10.3. The van der Waals surface area contributed by atoms with Crippen LogP contribution in [0.1, 0.15) is 12.6 Å². The van der Waals surface area contributed by atoms with Gasteiger partial charge in [0.1, 0.15) is 10.8 Å². The maximum Gasteiger partial charge on any atom is 0.311 e. The van der Waals surface area contributed by atoms with Crippen molar-refractivity contribution in [3.8, 4) is 10.7 Å². The molecule has 94 valence electrons. The zero-order valence-electron chi connectivity index (χ0n) is 9.72. The summed E-state index contributed by atoms with van der Waals surface area (Å²) in [6, 6.07) is 2.89.